The third kappa shape index (κ3) is 3.38. The number of carbonyl (C=O) groups is 1. The molecule has 0 spiro atoms. The molecule has 0 aliphatic carbocycles. The molecule has 3 heterocycles. The van der Waals surface area contributed by atoms with Gasteiger partial charge in [0.15, 0.2) is 5.82 Å². The van der Waals surface area contributed by atoms with Gasteiger partial charge in [0.25, 0.3) is 5.89 Å². The van der Waals surface area contributed by atoms with E-state index in [0.29, 0.717) is 30.6 Å². The summed E-state index contributed by atoms with van der Waals surface area (Å²) in [4.78, 5) is 18.6. The van der Waals surface area contributed by atoms with Crippen LogP contribution in [0.2, 0.25) is 0 Å². The van der Waals surface area contributed by atoms with E-state index >= 15 is 0 Å². The highest BCUT2D eigenvalue weighted by Crippen LogP contribution is 2.27. The van der Waals surface area contributed by atoms with Gasteiger partial charge in [0.05, 0.1) is 6.26 Å². The normalized spacial score (nSPS) is 17.4. The van der Waals surface area contributed by atoms with E-state index in [-0.39, 0.29) is 11.8 Å². The first-order chi connectivity index (χ1) is 12.3. The number of aromatic nitrogens is 2. The largest absolute Gasteiger partial charge is 0.465 e. The van der Waals surface area contributed by atoms with Crippen LogP contribution in [-0.4, -0.2) is 34.0 Å². The van der Waals surface area contributed by atoms with Crippen molar-refractivity contribution >= 4 is 12.0 Å². The molecule has 126 valence electrons. The molecule has 6 nitrogen and oxygen atoms in total. The molecule has 1 amide bonds. The topological polar surface area (TPSA) is 72.4 Å². The summed E-state index contributed by atoms with van der Waals surface area (Å²) in [6.07, 6.45) is 5.62. The van der Waals surface area contributed by atoms with Crippen LogP contribution in [0.5, 0.6) is 0 Å². The van der Waals surface area contributed by atoms with E-state index < -0.39 is 0 Å². The minimum absolute atomic E-state index is 0.0364. The number of nitrogens with zero attached hydrogens (tertiary/aromatic N) is 3. The first-order valence-electron chi connectivity index (χ1n) is 8.19. The standard InChI is InChI=1S/C19H17N3O3/c23-17(9-8-16-7-4-12-24-16)22-11-10-15(13-22)18-20-19(25-21-18)14-5-2-1-3-6-14/h1-9,12,15H,10-11,13H2/b9-8+/t15-/m0/s1. The molecule has 1 fully saturated rings. The van der Waals surface area contributed by atoms with Crippen molar-refractivity contribution in [3.8, 4) is 11.5 Å². The van der Waals surface area contributed by atoms with E-state index in [4.69, 9.17) is 8.94 Å². The van der Waals surface area contributed by atoms with Gasteiger partial charge in [-0.15, -0.1) is 0 Å². The average molecular weight is 335 g/mol. The summed E-state index contributed by atoms with van der Waals surface area (Å²) in [7, 11) is 0. The van der Waals surface area contributed by atoms with Crippen LogP contribution in [0, 0.1) is 0 Å². The van der Waals surface area contributed by atoms with Crippen molar-refractivity contribution in [3.05, 3.63) is 66.4 Å². The van der Waals surface area contributed by atoms with Gasteiger partial charge in [-0.1, -0.05) is 23.4 Å². The summed E-state index contributed by atoms with van der Waals surface area (Å²) < 4.78 is 10.6. The molecule has 3 aromatic rings. The molecule has 1 aliphatic heterocycles. The van der Waals surface area contributed by atoms with Crippen LogP contribution in [0.1, 0.15) is 23.9 Å². The highest BCUT2D eigenvalue weighted by molar-refractivity contribution is 5.91. The van der Waals surface area contributed by atoms with E-state index in [1.807, 2.05) is 30.3 Å². The summed E-state index contributed by atoms with van der Waals surface area (Å²) in [5, 5.41) is 4.10. The van der Waals surface area contributed by atoms with Gasteiger partial charge < -0.3 is 13.8 Å². The first kappa shape index (κ1) is 15.4. The Hall–Kier alpha value is -3.15. The third-order valence-electron chi connectivity index (χ3n) is 4.26. The maximum Gasteiger partial charge on any atom is 0.257 e. The number of rotatable bonds is 4. The van der Waals surface area contributed by atoms with Crippen molar-refractivity contribution in [3.63, 3.8) is 0 Å². The van der Waals surface area contributed by atoms with Crippen LogP contribution in [0.25, 0.3) is 17.5 Å². The van der Waals surface area contributed by atoms with Gasteiger partial charge in [-0.05, 0) is 36.8 Å². The lowest BCUT2D eigenvalue weighted by molar-refractivity contribution is -0.125. The molecule has 0 unspecified atom stereocenters. The Bertz CT molecular complexity index is 868. The molecular formula is C19H17N3O3. The first-order valence-corrected chi connectivity index (χ1v) is 8.19. The quantitative estimate of drug-likeness (QED) is 0.684. The molecule has 25 heavy (non-hydrogen) atoms. The molecule has 1 aliphatic rings. The second-order valence-corrected chi connectivity index (χ2v) is 5.94. The van der Waals surface area contributed by atoms with Crippen molar-refractivity contribution in [1.29, 1.82) is 0 Å². The molecule has 4 rings (SSSR count). The molecule has 0 radical (unpaired) electrons. The molecule has 0 saturated carbocycles. The van der Waals surface area contributed by atoms with Gasteiger partial charge in [-0.2, -0.15) is 4.98 Å². The Balaban J connectivity index is 1.41. The number of hydrogen-bond donors (Lipinski definition) is 0. The summed E-state index contributed by atoms with van der Waals surface area (Å²) >= 11 is 0. The Labute approximate surface area is 144 Å². The van der Waals surface area contributed by atoms with E-state index in [1.54, 1.807) is 29.4 Å². The third-order valence-corrected chi connectivity index (χ3v) is 4.26. The van der Waals surface area contributed by atoms with Crippen LogP contribution < -0.4 is 0 Å². The van der Waals surface area contributed by atoms with Gasteiger partial charge >= 0.3 is 0 Å². The average Bonchev–Trinajstić information content (AvgIpc) is 3.41. The highest BCUT2D eigenvalue weighted by Gasteiger charge is 2.29. The van der Waals surface area contributed by atoms with Gasteiger partial charge in [0.2, 0.25) is 5.91 Å². The number of benzene rings is 1. The van der Waals surface area contributed by atoms with Crippen LogP contribution >= 0.6 is 0 Å². The van der Waals surface area contributed by atoms with E-state index in [2.05, 4.69) is 10.1 Å². The van der Waals surface area contributed by atoms with Crippen LogP contribution in [-0.2, 0) is 4.79 Å². The Morgan fingerprint density at radius 3 is 2.88 bits per heavy atom. The number of hydrogen-bond acceptors (Lipinski definition) is 5. The molecule has 1 aromatic carbocycles. The summed E-state index contributed by atoms with van der Waals surface area (Å²) in [5.41, 5.74) is 0.897. The monoisotopic (exact) mass is 335 g/mol. The predicted octanol–water partition coefficient (Wildman–Crippen LogP) is 3.36. The van der Waals surface area contributed by atoms with Crippen molar-refractivity contribution in [2.75, 3.05) is 13.1 Å². The van der Waals surface area contributed by atoms with Crippen molar-refractivity contribution < 1.29 is 13.7 Å². The molecular weight excluding hydrogens is 318 g/mol. The molecule has 6 heteroatoms. The maximum atomic E-state index is 12.3. The smallest absolute Gasteiger partial charge is 0.257 e. The molecule has 2 aromatic heterocycles. The fraction of sp³-hybridized carbons (Fsp3) is 0.211. The zero-order chi connectivity index (χ0) is 17.1. The van der Waals surface area contributed by atoms with Gasteiger partial charge in [-0.25, -0.2) is 0 Å². The Morgan fingerprint density at radius 1 is 1.20 bits per heavy atom. The van der Waals surface area contributed by atoms with Gasteiger partial charge in [0.1, 0.15) is 5.76 Å². The van der Waals surface area contributed by atoms with Gasteiger partial charge in [0, 0.05) is 30.6 Å². The SMILES string of the molecule is O=C(/C=C/c1ccco1)N1CC[C@H](c2noc(-c3ccccc3)n2)C1. The zero-order valence-electron chi connectivity index (χ0n) is 13.5. The Kier molecular flexibility index (Phi) is 4.16. The van der Waals surface area contributed by atoms with Crippen molar-refractivity contribution in [2.45, 2.75) is 12.3 Å². The van der Waals surface area contributed by atoms with Crippen LogP contribution in [0.3, 0.4) is 0 Å². The fourth-order valence-electron chi connectivity index (χ4n) is 2.91. The second kappa shape index (κ2) is 6.76. The lowest BCUT2D eigenvalue weighted by Crippen LogP contribution is -2.26. The Morgan fingerprint density at radius 2 is 2.08 bits per heavy atom. The summed E-state index contributed by atoms with van der Waals surface area (Å²) in [6.45, 7) is 1.27. The predicted molar refractivity (Wildman–Crippen MR) is 91.4 cm³/mol. The minimum atomic E-state index is -0.0364. The van der Waals surface area contributed by atoms with Gasteiger partial charge in [-0.3, -0.25) is 4.79 Å². The lowest BCUT2D eigenvalue weighted by Gasteiger charge is -2.12. The minimum Gasteiger partial charge on any atom is -0.465 e. The molecule has 1 saturated heterocycles. The second-order valence-electron chi connectivity index (χ2n) is 5.94. The zero-order valence-corrected chi connectivity index (χ0v) is 13.5. The van der Waals surface area contributed by atoms with Crippen molar-refractivity contribution in [2.24, 2.45) is 0 Å². The van der Waals surface area contributed by atoms with Crippen molar-refractivity contribution in [1.82, 2.24) is 15.0 Å². The number of likely N-dealkylation sites (tertiary alicyclic amines) is 1. The number of carbonyl (C=O) groups excluding carboxylic acids is 1. The maximum absolute atomic E-state index is 12.3. The van der Waals surface area contributed by atoms with E-state index in [9.17, 15) is 4.79 Å². The van der Waals surface area contributed by atoms with Crippen LogP contribution in [0.4, 0.5) is 0 Å². The molecule has 1 atom stereocenters. The molecule has 0 bridgehead atoms. The number of furan rings is 1. The lowest BCUT2D eigenvalue weighted by atomic mass is 10.1. The highest BCUT2D eigenvalue weighted by atomic mass is 16.5. The summed E-state index contributed by atoms with van der Waals surface area (Å²) in [5.74, 6) is 1.89. The number of amides is 1. The van der Waals surface area contributed by atoms with Crippen LogP contribution in [0.15, 0.2) is 63.7 Å². The summed E-state index contributed by atoms with van der Waals surface area (Å²) in [6, 6.07) is 13.3. The van der Waals surface area contributed by atoms with E-state index in [1.165, 1.54) is 6.08 Å². The van der Waals surface area contributed by atoms with E-state index in [0.717, 1.165) is 12.0 Å². The fourth-order valence-corrected chi connectivity index (χ4v) is 2.91. The molecule has 0 N–H and O–H groups in total.